The fraction of sp³-hybridized carbons (Fsp3) is 0.107. The molecule has 0 aliphatic rings. The van der Waals surface area contributed by atoms with Crippen LogP contribution in [0.1, 0.15) is 31.5 Å². The Labute approximate surface area is 261 Å². The number of hydrogen-bond acceptors (Lipinski definition) is 8. The van der Waals surface area contributed by atoms with E-state index in [9.17, 15) is 35.9 Å². The van der Waals surface area contributed by atoms with E-state index in [2.05, 4.69) is 20.4 Å². The molecule has 0 aliphatic heterocycles. The van der Waals surface area contributed by atoms with Gasteiger partial charge in [-0.05, 0) is 36.4 Å². The molecule has 236 valence electrons. The third-order valence-electron chi connectivity index (χ3n) is 6.61. The summed E-state index contributed by atoms with van der Waals surface area (Å²) in [5.41, 5.74) is 1.08. The van der Waals surface area contributed by atoms with E-state index < -0.39 is 56.8 Å². The molecule has 0 saturated heterocycles. The highest BCUT2D eigenvalue weighted by molar-refractivity contribution is 7.21. The molecule has 0 aliphatic carbocycles. The van der Waals surface area contributed by atoms with Crippen molar-refractivity contribution in [2.24, 2.45) is 5.73 Å². The maximum Gasteiger partial charge on any atom is 0.433 e. The molecule has 0 saturated carbocycles. The zero-order valence-corrected chi connectivity index (χ0v) is 24.3. The SMILES string of the molecule is COc1cccc(-c2cc(C(F)(F)F)n3nc(C(=O)Nc4c(C(N)=O)sc5nc(C(F)(F)F)cc(-c6ccco6)c45)c(Cl)c3n2)c1. The topological polar surface area (TPSA) is 138 Å². The molecular formula is C28H15ClF6N6O4S. The van der Waals surface area contributed by atoms with Gasteiger partial charge in [0.05, 0.1) is 24.8 Å². The standard InChI is InChI=1S/C28H15ClF6N6O4S/c1-44-12-5-2-4-11(8-12)14-10-17(28(33,34)35)41-24(37-14)19(29)21(40-41)25(43)39-20-18-13(15-6-3-7-45-15)9-16(27(30,31)32)38-26(18)46-22(20)23(36)42/h2-10H,1H3,(H2,36,42)(H,39,43). The minimum Gasteiger partial charge on any atom is -0.497 e. The number of nitrogens with two attached hydrogens (primary N) is 1. The van der Waals surface area contributed by atoms with Gasteiger partial charge >= 0.3 is 12.4 Å². The number of aromatic nitrogens is 4. The van der Waals surface area contributed by atoms with Gasteiger partial charge < -0.3 is 20.2 Å². The van der Waals surface area contributed by atoms with Crippen molar-refractivity contribution in [2.45, 2.75) is 12.4 Å². The Morgan fingerprint density at radius 2 is 1.80 bits per heavy atom. The van der Waals surface area contributed by atoms with Crippen molar-refractivity contribution < 1.29 is 45.1 Å². The summed E-state index contributed by atoms with van der Waals surface area (Å²) < 4.78 is 94.5. The van der Waals surface area contributed by atoms with Crippen LogP contribution in [0.15, 0.2) is 59.2 Å². The number of hydrogen-bond donors (Lipinski definition) is 2. The summed E-state index contributed by atoms with van der Waals surface area (Å²) in [5, 5.41) is 5.37. The summed E-state index contributed by atoms with van der Waals surface area (Å²) in [4.78, 5) is 33.0. The fourth-order valence-corrected chi connectivity index (χ4v) is 5.86. The zero-order chi connectivity index (χ0) is 33.1. The molecule has 10 nitrogen and oxygen atoms in total. The Morgan fingerprint density at radius 1 is 1.04 bits per heavy atom. The van der Waals surface area contributed by atoms with Crippen LogP contribution in [0.4, 0.5) is 32.0 Å². The van der Waals surface area contributed by atoms with Crippen LogP contribution in [-0.4, -0.2) is 38.5 Å². The number of carbonyl (C=O) groups excluding carboxylic acids is 2. The van der Waals surface area contributed by atoms with Crippen LogP contribution < -0.4 is 15.8 Å². The molecule has 0 unspecified atom stereocenters. The largest absolute Gasteiger partial charge is 0.497 e. The maximum atomic E-state index is 14.2. The zero-order valence-electron chi connectivity index (χ0n) is 22.7. The average molecular weight is 681 g/mol. The quantitative estimate of drug-likeness (QED) is 0.176. The monoisotopic (exact) mass is 680 g/mol. The van der Waals surface area contributed by atoms with Crippen LogP contribution in [0, 0.1) is 0 Å². The molecule has 0 spiro atoms. The van der Waals surface area contributed by atoms with E-state index >= 15 is 0 Å². The lowest BCUT2D eigenvalue weighted by Crippen LogP contribution is -2.18. The predicted molar refractivity (Wildman–Crippen MR) is 154 cm³/mol. The molecule has 46 heavy (non-hydrogen) atoms. The number of thiophene rings is 1. The number of fused-ring (bicyclic) bond motifs is 2. The van der Waals surface area contributed by atoms with Gasteiger partial charge in [-0.1, -0.05) is 23.7 Å². The minimum atomic E-state index is -4.99. The molecule has 6 rings (SSSR count). The summed E-state index contributed by atoms with van der Waals surface area (Å²) in [6.07, 6.45) is -8.69. The molecule has 6 aromatic rings. The molecule has 5 heterocycles. The Balaban J connectivity index is 1.52. The lowest BCUT2D eigenvalue weighted by molar-refractivity contribution is -0.143. The Morgan fingerprint density at radius 3 is 2.43 bits per heavy atom. The van der Waals surface area contributed by atoms with Crippen LogP contribution in [0.2, 0.25) is 5.02 Å². The van der Waals surface area contributed by atoms with Crippen LogP contribution in [0.25, 0.3) is 38.4 Å². The third-order valence-corrected chi connectivity index (χ3v) is 8.05. The Hall–Kier alpha value is -5.16. The molecule has 5 aromatic heterocycles. The number of anilines is 1. The number of alkyl halides is 6. The number of carbonyl (C=O) groups is 2. The number of methoxy groups -OCH3 is 1. The third kappa shape index (κ3) is 5.36. The highest BCUT2D eigenvalue weighted by atomic mass is 35.5. The van der Waals surface area contributed by atoms with E-state index in [1.54, 1.807) is 6.07 Å². The van der Waals surface area contributed by atoms with E-state index in [0.717, 1.165) is 0 Å². The molecular weight excluding hydrogens is 666 g/mol. The van der Waals surface area contributed by atoms with E-state index in [4.69, 9.17) is 26.5 Å². The van der Waals surface area contributed by atoms with Crippen molar-refractivity contribution in [3.8, 4) is 28.3 Å². The van der Waals surface area contributed by atoms with Gasteiger partial charge in [0.25, 0.3) is 11.8 Å². The summed E-state index contributed by atoms with van der Waals surface area (Å²) in [6, 6.07) is 10.2. The number of furan rings is 1. The van der Waals surface area contributed by atoms with E-state index in [1.807, 2.05) is 0 Å². The lowest BCUT2D eigenvalue weighted by atomic mass is 10.1. The number of ether oxygens (including phenoxy) is 1. The van der Waals surface area contributed by atoms with Crippen molar-refractivity contribution >= 4 is 56.3 Å². The van der Waals surface area contributed by atoms with E-state index in [1.165, 1.54) is 43.7 Å². The first kappa shape index (κ1) is 30.8. The fourth-order valence-electron chi connectivity index (χ4n) is 4.60. The molecule has 3 N–H and O–H groups in total. The minimum absolute atomic E-state index is 0.0722. The Bertz CT molecular complexity index is 2180. The van der Waals surface area contributed by atoms with Crippen molar-refractivity contribution in [2.75, 3.05) is 12.4 Å². The number of pyridine rings is 1. The van der Waals surface area contributed by atoms with Crippen molar-refractivity contribution in [3.05, 3.63) is 81.8 Å². The second kappa shape index (κ2) is 11.0. The van der Waals surface area contributed by atoms with Gasteiger partial charge in [-0.2, -0.15) is 31.4 Å². The van der Waals surface area contributed by atoms with E-state index in [0.29, 0.717) is 33.7 Å². The second-order valence-corrected chi connectivity index (χ2v) is 10.9. The van der Waals surface area contributed by atoms with Gasteiger partial charge in [-0.25, -0.2) is 14.5 Å². The normalized spacial score (nSPS) is 12.2. The molecule has 0 atom stereocenters. The van der Waals surface area contributed by atoms with Gasteiger partial charge in [0.1, 0.15) is 31.9 Å². The number of nitrogens with zero attached hydrogens (tertiary/aromatic N) is 4. The average Bonchev–Trinajstić information content (AvgIpc) is 3.74. The molecule has 0 radical (unpaired) electrons. The molecule has 1 aromatic carbocycles. The molecule has 0 fully saturated rings. The first-order valence-corrected chi connectivity index (χ1v) is 13.9. The van der Waals surface area contributed by atoms with Crippen molar-refractivity contribution in [1.82, 2.24) is 19.6 Å². The molecule has 2 amide bonds. The smallest absolute Gasteiger partial charge is 0.433 e. The van der Waals surface area contributed by atoms with Gasteiger partial charge in [0.2, 0.25) is 0 Å². The summed E-state index contributed by atoms with van der Waals surface area (Å²) in [6.45, 7) is 0. The number of amides is 2. The number of nitrogens with one attached hydrogen (secondary N) is 1. The van der Waals surface area contributed by atoms with Crippen LogP contribution >= 0.6 is 22.9 Å². The van der Waals surface area contributed by atoms with Gasteiger partial charge in [0, 0.05) is 16.5 Å². The van der Waals surface area contributed by atoms with Crippen LogP contribution in [0.5, 0.6) is 5.75 Å². The lowest BCUT2D eigenvalue weighted by Gasteiger charge is -2.11. The number of benzene rings is 1. The predicted octanol–water partition coefficient (Wildman–Crippen LogP) is 7.32. The molecule has 18 heteroatoms. The summed E-state index contributed by atoms with van der Waals surface area (Å²) in [5.74, 6) is -2.09. The first-order valence-electron chi connectivity index (χ1n) is 12.7. The second-order valence-electron chi connectivity index (χ2n) is 9.49. The highest BCUT2D eigenvalue weighted by Crippen LogP contribution is 2.44. The summed E-state index contributed by atoms with van der Waals surface area (Å²) in [7, 11) is 1.37. The molecule has 0 bridgehead atoms. The highest BCUT2D eigenvalue weighted by Gasteiger charge is 2.38. The van der Waals surface area contributed by atoms with Crippen molar-refractivity contribution in [3.63, 3.8) is 0 Å². The van der Waals surface area contributed by atoms with Crippen LogP contribution in [0.3, 0.4) is 0 Å². The first-order chi connectivity index (χ1) is 21.7. The van der Waals surface area contributed by atoms with Gasteiger partial charge in [-0.15, -0.1) is 11.3 Å². The Kier molecular flexibility index (Phi) is 7.39. The van der Waals surface area contributed by atoms with Crippen LogP contribution in [-0.2, 0) is 12.4 Å². The number of primary amides is 1. The number of halogens is 7. The van der Waals surface area contributed by atoms with Gasteiger partial charge in [-0.3, -0.25) is 9.59 Å². The van der Waals surface area contributed by atoms with E-state index in [-0.39, 0.29) is 38.5 Å². The summed E-state index contributed by atoms with van der Waals surface area (Å²) >= 11 is 6.85. The van der Waals surface area contributed by atoms with Crippen molar-refractivity contribution in [1.29, 1.82) is 0 Å². The van der Waals surface area contributed by atoms with Gasteiger partial charge in [0.15, 0.2) is 17.0 Å². The maximum absolute atomic E-state index is 14.2. The number of rotatable bonds is 6.